The van der Waals surface area contributed by atoms with Crippen molar-refractivity contribution in [3.63, 3.8) is 0 Å². The third kappa shape index (κ3) is 4.50. The second-order valence-electron chi connectivity index (χ2n) is 4.08. The lowest BCUT2D eigenvalue weighted by Gasteiger charge is -2.12. The van der Waals surface area contributed by atoms with Gasteiger partial charge in [0.2, 0.25) is 0 Å². The molecule has 0 aromatic heterocycles. The second kappa shape index (κ2) is 7.25. The topological polar surface area (TPSA) is 107 Å². The highest BCUT2D eigenvalue weighted by Gasteiger charge is 2.13. The van der Waals surface area contributed by atoms with Gasteiger partial charge in [-0.1, -0.05) is 19.4 Å². The first-order chi connectivity index (χ1) is 9.06. The van der Waals surface area contributed by atoms with Crippen LogP contribution in [0.3, 0.4) is 0 Å². The van der Waals surface area contributed by atoms with Crippen LogP contribution in [0.25, 0.3) is 0 Å². The molecule has 19 heavy (non-hydrogen) atoms. The van der Waals surface area contributed by atoms with Crippen molar-refractivity contribution in [3.8, 4) is 5.75 Å². The Labute approximate surface area is 112 Å². The molecule has 0 heterocycles. The molecule has 6 nitrogen and oxygen atoms in total. The molecule has 1 rings (SSSR count). The number of hydrogen-bond acceptors (Lipinski definition) is 4. The molecule has 0 spiro atoms. The lowest BCUT2D eigenvalue weighted by Crippen LogP contribution is -2.30. The number of anilines is 1. The van der Waals surface area contributed by atoms with Gasteiger partial charge in [-0.05, 0) is 18.6 Å². The Morgan fingerprint density at radius 2 is 2.11 bits per heavy atom. The lowest BCUT2D eigenvalue weighted by molar-refractivity contribution is -0.123. The average molecular weight is 265 g/mol. The summed E-state index contributed by atoms with van der Waals surface area (Å²) in [6, 6.07) is 4.68. The predicted molar refractivity (Wildman–Crippen MR) is 72.8 cm³/mol. The van der Waals surface area contributed by atoms with Crippen LogP contribution in [0.5, 0.6) is 5.75 Å². The fraction of sp³-hybridized carbons (Fsp3) is 0.385. The smallest absolute Gasteiger partial charge is 0.257 e. The van der Waals surface area contributed by atoms with Gasteiger partial charge in [0.1, 0.15) is 0 Å². The fourth-order valence-electron chi connectivity index (χ4n) is 1.50. The number of nitrogen functional groups attached to an aromatic ring is 1. The summed E-state index contributed by atoms with van der Waals surface area (Å²) >= 11 is 0. The summed E-state index contributed by atoms with van der Waals surface area (Å²) in [5, 5.41) is 2.70. The Balaban J connectivity index is 2.62. The molecule has 5 N–H and O–H groups in total. The number of benzene rings is 1. The summed E-state index contributed by atoms with van der Waals surface area (Å²) in [6.45, 7) is 2.44. The zero-order valence-corrected chi connectivity index (χ0v) is 10.9. The summed E-state index contributed by atoms with van der Waals surface area (Å²) in [7, 11) is 0. The van der Waals surface area contributed by atoms with E-state index in [4.69, 9.17) is 16.2 Å². The Morgan fingerprint density at radius 3 is 2.74 bits per heavy atom. The first kappa shape index (κ1) is 14.8. The van der Waals surface area contributed by atoms with Crippen molar-refractivity contribution in [2.24, 2.45) is 5.73 Å². The van der Waals surface area contributed by atoms with Crippen LogP contribution in [0.1, 0.15) is 30.1 Å². The van der Waals surface area contributed by atoms with Crippen LogP contribution in [0.4, 0.5) is 5.69 Å². The van der Waals surface area contributed by atoms with Gasteiger partial charge in [0, 0.05) is 6.54 Å². The van der Waals surface area contributed by atoms with Gasteiger partial charge < -0.3 is 21.5 Å². The Kier molecular flexibility index (Phi) is 5.66. The van der Waals surface area contributed by atoms with Gasteiger partial charge in [-0.25, -0.2) is 0 Å². The number of carbonyl (C=O) groups excluding carboxylic acids is 2. The van der Waals surface area contributed by atoms with Gasteiger partial charge in [-0.3, -0.25) is 9.59 Å². The molecule has 0 aliphatic heterocycles. The molecule has 0 aliphatic carbocycles. The molecule has 0 fully saturated rings. The van der Waals surface area contributed by atoms with Gasteiger partial charge in [-0.2, -0.15) is 0 Å². The predicted octanol–water partition coefficient (Wildman–Crippen LogP) is 0.663. The number of hydrogen-bond donors (Lipinski definition) is 3. The van der Waals surface area contributed by atoms with Crippen LogP contribution in [-0.4, -0.2) is 25.0 Å². The van der Waals surface area contributed by atoms with E-state index in [0.717, 1.165) is 12.8 Å². The minimum Gasteiger partial charge on any atom is -0.481 e. The van der Waals surface area contributed by atoms with Crippen molar-refractivity contribution in [2.45, 2.75) is 19.8 Å². The molecule has 0 radical (unpaired) electrons. The zero-order chi connectivity index (χ0) is 14.3. The Bertz CT molecular complexity index is 460. The maximum atomic E-state index is 11.5. The maximum Gasteiger partial charge on any atom is 0.257 e. The highest BCUT2D eigenvalue weighted by Crippen LogP contribution is 2.25. The van der Waals surface area contributed by atoms with Crippen LogP contribution in [-0.2, 0) is 4.79 Å². The van der Waals surface area contributed by atoms with E-state index in [1.807, 2.05) is 6.92 Å². The monoisotopic (exact) mass is 265 g/mol. The molecule has 2 amide bonds. The quantitative estimate of drug-likeness (QED) is 0.497. The van der Waals surface area contributed by atoms with Crippen molar-refractivity contribution in [3.05, 3.63) is 23.8 Å². The maximum absolute atomic E-state index is 11.5. The summed E-state index contributed by atoms with van der Waals surface area (Å²) in [5.74, 6) is -0.749. The standard InChI is InChI=1S/C13H19N3O3/c1-2-3-7-16-11(17)8-19-12-9(13(15)18)5-4-6-10(12)14/h4-6H,2-3,7-8,14H2,1H3,(H2,15,18)(H,16,17). The van der Waals surface area contributed by atoms with Gasteiger partial charge in [0.15, 0.2) is 12.4 Å². The fourth-order valence-corrected chi connectivity index (χ4v) is 1.50. The highest BCUT2D eigenvalue weighted by molar-refractivity contribution is 5.97. The molecule has 0 bridgehead atoms. The average Bonchev–Trinajstić information content (AvgIpc) is 2.37. The number of nitrogens with one attached hydrogen (secondary N) is 1. The second-order valence-corrected chi connectivity index (χ2v) is 4.08. The number of nitrogens with two attached hydrogens (primary N) is 2. The third-order valence-corrected chi connectivity index (χ3v) is 2.51. The molecule has 0 saturated heterocycles. The number of ether oxygens (including phenoxy) is 1. The van der Waals surface area contributed by atoms with E-state index in [2.05, 4.69) is 5.32 Å². The van der Waals surface area contributed by atoms with Gasteiger partial charge in [0.05, 0.1) is 11.3 Å². The summed E-state index contributed by atoms with van der Waals surface area (Å²) < 4.78 is 5.28. The first-order valence-corrected chi connectivity index (χ1v) is 6.14. The minimum absolute atomic E-state index is 0.153. The molecule has 104 valence electrons. The van der Waals surface area contributed by atoms with Crippen molar-refractivity contribution in [1.29, 1.82) is 0 Å². The van der Waals surface area contributed by atoms with Crippen LogP contribution < -0.4 is 21.5 Å². The van der Waals surface area contributed by atoms with E-state index in [0.29, 0.717) is 6.54 Å². The normalized spacial score (nSPS) is 9.95. The molecular formula is C13H19N3O3. The highest BCUT2D eigenvalue weighted by atomic mass is 16.5. The Hall–Kier alpha value is -2.24. The minimum atomic E-state index is -0.645. The van der Waals surface area contributed by atoms with Crippen molar-refractivity contribution in [2.75, 3.05) is 18.9 Å². The number of amides is 2. The van der Waals surface area contributed by atoms with E-state index in [1.165, 1.54) is 6.07 Å². The van der Waals surface area contributed by atoms with Gasteiger partial charge >= 0.3 is 0 Å². The largest absolute Gasteiger partial charge is 0.481 e. The molecule has 6 heteroatoms. The molecular weight excluding hydrogens is 246 g/mol. The first-order valence-electron chi connectivity index (χ1n) is 6.14. The molecule has 0 aliphatic rings. The van der Waals surface area contributed by atoms with Crippen LogP contribution in [0.15, 0.2) is 18.2 Å². The summed E-state index contributed by atoms with van der Waals surface area (Å²) in [5.41, 5.74) is 11.4. The van der Waals surface area contributed by atoms with Crippen molar-refractivity contribution >= 4 is 17.5 Å². The van der Waals surface area contributed by atoms with E-state index in [9.17, 15) is 9.59 Å². The van der Waals surface area contributed by atoms with Gasteiger partial charge in [-0.15, -0.1) is 0 Å². The van der Waals surface area contributed by atoms with Crippen LogP contribution >= 0.6 is 0 Å². The summed E-state index contributed by atoms with van der Waals surface area (Å²) in [4.78, 5) is 22.7. The van der Waals surface area contributed by atoms with Gasteiger partial charge in [0.25, 0.3) is 11.8 Å². The van der Waals surface area contributed by atoms with Crippen molar-refractivity contribution < 1.29 is 14.3 Å². The molecule has 1 aromatic carbocycles. The molecule has 0 atom stereocenters. The summed E-state index contributed by atoms with van der Waals surface area (Å²) in [6.07, 6.45) is 1.91. The van der Waals surface area contributed by atoms with E-state index >= 15 is 0 Å². The van der Waals surface area contributed by atoms with Crippen molar-refractivity contribution in [1.82, 2.24) is 5.32 Å². The Morgan fingerprint density at radius 1 is 1.37 bits per heavy atom. The van der Waals surface area contributed by atoms with Crippen LogP contribution in [0.2, 0.25) is 0 Å². The van der Waals surface area contributed by atoms with Crippen LogP contribution in [0, 0.1) is 0 Å². The number of carbonyl (C=O) groups is 2. The molecule has 0 saturated carbocycles. The van der Waals surface area contributed by atoms with E-state index in [1.54, 1.807) is 12.1 Å². The number of rotatable bonds is 7. The number of para-hydroxylation sites is 1. The lowest BCUT2D eigenvalue weighted by atomic mass is 10.1. The number of unbranched alkanes of at least 4 members (excludes halogenated alkanes) is 1. The third-order valence-electron chi connectivity index (χ3n) is 2.51. The van der Waals surface area contributed by atoms with E-state index in [-0.39, 0.29) is 29.5 Å². The number of primary amides is 1. The van der Waals surface area contributed by atoms with E-state index < -0.39 is 5.91 Å². The molecule has 1 aromatic rings. The molecule has 0 unspecified atom stereocenters. The SMILES string of the molecule is CCCCNC(=O)COc1c(N)cccc1C(N)=O. The zero-order valence-electron chi connectivity index (χ0n) is 10.9.